The Kier molecular flexibility index (Phi) is 5.10. The maximum atomic E-state index is 14.1. The normalized spacial score (nSPS) is 12.4. The summed E-state index contributed by atoms with van der Waals surface area (Å²) in [4.78, 5) is 0. The lowest BCUT2D eigenvalue weighted by atomic mass is 9.99. The molecule has 2 rings (SSSR count). The van der Waals surface area contributed by atoms with Gasteiger partial charge in [-0.15, -0.1) is 0 Å². The van der Waals surface area contributed by atoms with Crippen LogP contribution in [-0.4, -0.2) is 0 Å². The van der Waals surface area contributed by atoms with Crippen molar-refractivity contribution in [2.24, 2.45) is 5.84 Å². The van der Waals surface area contributed by atoms with Crippen molar-refractivity contribution in [2.75, 3.05) is 0 Å². The standard InChI is InChI=1S/C14H12BrClF2N2/c15-10-5-2-4-9(14(10)18)12(20-19)7-8-3-1-6-11(17)13(8)16/h1-6,12,20H,7,19H2. The molecule has 0 spiro atoms. The van der Waals surface area contributed by atoms with Crippen molar-refractivity contribution < 1.29 is 8.78 Å². The predicted molar refractivity (Wildman–Crippen MR) is 79.3 cm³/mol. The van der Waals surface area contributed by atoms with E-state index in [4.69, 9.17) is 17.4 Å². The molecule has 1 unspecified atom stereocenters. The second kappa shape index (κ2) is 6.63. The topological polar surface area (TPSA) is 38.0 Å². The van der Waals surface area contributed by atoms with Crippen molar-refractivity contribution in [1.29, 1.82) is 0 Å². The molecule has 0 aliphatic heterocycles. The molecule has 0 saturated carbocycles. The molecule has 0 radical (unpaired) electrons. The predicted octanol–water partition coefficient (Wildman–Crippen LogP) is 4.13. The monoisotopic (exact) mass is 360 g/mol. The number of rotatable bonds is 4. The van der Waals surface area contributed by atoms with Crippen LogP contribution < -0.4 is 11.3 Å². The number of hydrazine groups is 1. The van der Waals surface area contributed by atoms with Crippen LogP contribution >= 0.6 is 27.5 Å². The van der Waals surface area contributed by atoms with Gasteiger partial charge in [0.15, 0.2) is 0 Å². The zero-order valence-electron chi connectivity index (χ0n) is 10.3. The summed E-state index contributed by atoms with van der Waals surface area (Å²) < 4.78 is 27.8. The zero-order chi connectivity index (χ0) is 14.7. The number of hydrogen-bond acceptors (Lipinski definition) is 2. The van der Waals surface area contributed by atoms with Crippen LogP contribution in [0.3, 0.4) is 0 Å². The quantitative estimate of drug-likeness (QED) is 0.635. The van der Waals surface area contributed by atoms with E-state index in [0.29, 0.717) is 15.6 Å². The van der Waals surface area contributed by atoms with Gasteiger partial charge in [-0.2, -0.15) is 0 Å². The molecule has 0 saturated heterocycles. The summed E-state index contributed by atoms with van der Waals surface area (Å²) in [5.74, 6) is 4.59. The van der Waals surface area contributed by atoms with Crippen molar-refractivity contribution in [3.05, 3.63) is 68.7 Å². The highest BCUT2D eigenvalue weighted by molar-refractivity contribution is 9.10. The van der Waals surface area contributed by atoms with Crippen LogP contribution in [0.2, 0.25) is 5.02 Å². The van der Waals surface area contributed by atoms with Gasteiger partial charge < -0.3 is 0 Å². The number of nitrogens with one attached hydrogen (secondary N) is 1. The first-order chi connectivity index (χ1) is 9.54. The molecular weight excluding hydrogens is 350 g/mol. The summed E-state index contributed by atoms with van der Waals surface area (Å²) in [5, 5.41) is 0.0307. The highest BCUT2D eigenvalue weighted by Crippen LogP contribution is 2.28. The summed E-state index contributed by atoms with van der Waals surface area (Å²) in [5.41, 5.74) is 3.49. The molecule has 20 heavy (non-hydrogen) atoms. The SMILES string of the molecule is NNC(Cc1cccc(F)c1Cl)c1cccc(Br)c1F. The van der Waals surface area contributed by atoms with E-state index in [1.54, 1.807) is 30.3 Å². The van der Waals surface area contributed by atoms with Crippen molar-refractivity contribution in [3.63, 3.8) is 0 Å². The van der Waals surface area contributed by atoms with Crippen molar-refractivity contribution in [2.45, 2.75) is 12.5 Å². The Balaban J connectivity index is 2.34. The van der Waals surface area contributed by atoms with E-state index in [1.807, 2.05) is 0 Å². The Hall–Kier alpha value is -1.01. The van der Waals surface area contributed by atoms with Gasteiger partial charge in [-0.05, 0) is 40.0 Å². The van der Waals surface area contributed by atoms with E-state index in [9.17, 15) is 8.78 Å². The summed E-state index contributed by atoms with van der Waals surface area (Å²) in [6.45, 7) is 0. The second-order valence-corrected chi connectivity index (χ2v) is 5.51. The first-order valence-electron chi connectivity index (χ1n) is 5.87. The van der Waals surface area contributed by atoms with E-state index < -0.39 is 17.7 Å². The van der Waals surface area contributed by atoms with Crippen LogP contribution in [0, 0.1) is 11.6 Å². The molecule has 2 aromatic carbocycles. The maximum absolute atomic E-state index is 14.1. The van der Waals surface area contributed by atoms with Gasteiger partial charge in [0.05, 0.1) is 15.5 Å². The molecule has 0 bridgehead atoms. The summed E-state index contributed by atoms with van der Waals surface area (Å²) >= 11 is 9.03. The zero-order valence-corrected chi connectivity index (χ0v) is 12.7. The second-order valence-electron chi connectivity index (χ2n) is 4.28. The van der Waals surface area contributed by atoms with Gasteiger partial charge >= 0.3 is 0 Å². The van der Waals surface area contributed by atoms with Crippen molar-refractivity contribution in [1.82, 2.24) is 5.43 Å². The smallest absolute Gasteiger partial charge is 0.142 e. The third kappa shape index (κ3) is 3.17. The minimum Gasteiger partial charge on any atom is -0.271 e. The van der Waals surface area contributed by atoms with Gasteiger partial charge in [-0.3, -0.25) is 11.3 Å². The van der Waals surface area contributed by atoms with Gasteiger partial charge in [-0.25, -0.2) is 8.78 Å². The lowest BCUT2D eigenvalue weighted by Gasteiger charge is -2.18. The number of nitrogens with two attached hydrogens (primary N) is 1. The number of hydrogen-bond donors (Lipinski definition) is 2. The average molecular weight is 362 g/mol. The molecule has 0 aliphatic rings. The number of benzene rings is 2. The first kappa shape index (κ1) is 15.4. The highest BCUT2D eigenvalue weighted by Gasteiger charge is 2.18. The molecule has 0 aromatic heterocycles. The Morgan fingerprint density at radius 3 is 2.60 bits per heavy atom. The Morgan fingerprint density at radius 1 is 1.20 bits per heavy atom. The molecule has 0 fully saturated rings. The van der Waals surface area contributed by atoms with Crippen molar-refractivity contribution in [3.8, 4) is 0 Å². The fourth-order valence-electron chi connectivity index (χ4n) is 1.97. The van der Waals surface area contributed by atoms with Crippen LogP contribution in [-0.2, 0) is 6.42 Å². The fourth-order valence-corrected chi connectivity index (χ4v) is 2.56. The van der Waals surface area contributed by atoms with E-state index in [2.05, 4.69) is 21.4 Å². The third-order valence-electron chi connectivity index (χ3n) is 3.01. The van der Waals surface area contributed by atoms with E-state index in [-0.39, 0.29) is 11.4 Å². The molecule has 0 aliphatic carbocycles. The maximum Gasteiger partial charge on any atom is 0.142 e. The number of halogens is 4. The lowest BCUT2D eigenvalue weighted by molar-refractivity contribution is 0.507. The molecule has 6 heteroatoms. The van der Waals surface area contributed by atoms with Crippen LogP contribution in [0.15, 0.2) is 40.9 Å². The molecule has 3 N–H and O–H groups in total. The van der Waals surface area contributed by atoms with Gasteiger partial charge in [0, 0.05) is 5.56 Å². The third-order valence-corrected chi connectivity index (χ3v) is 4.05. The molecule has 0 amide bonds. The molecule has 1 atom stereocenters. The molecular formula is C14H12BrClF2N2. The Labute approximate surface area is 129 Å². The molecule has 0 heterocycles. The fraction of sp³-hybridized carbons (Fsp3) is 0.143. The largest absolute Gasteiger partial charge is 0.271 e. The van der Waals surface area contributed by atoms with Crippen LogP contribution in [0.5, 0.6) is 0 Å². The van der Waals surface area contributed by atoms with Gasteiger partial charge in [0.2, 0.25) is 0 Å². The van der Waals surface area contributed by atoms with E-state index >= 15 is 0 Å². The molecule has 2 aromatic rings. The van der Waals surface area contributed by atoms with Gasteiger partial charge in [0.25, 0.3) is 0 Å². The highest BCUT2D eigenvalue weighted by atomic mass is 79.9. The minimum atomic E-state index is -0.508. The Morgan fingerprint density at radius 2 is 1.90 bits per heavy atom. The summed E-state index contributed by atoms with van der Waals surface area (Å²) in [7, 11) is 0. The molecule has 106 valence electrons. The summed E-state index contributed by atoms with van der Waals surface area (Å²) in [6, 6.07) is 8.94. The van der Waals surface area contributed by atoms with Crippen molar-refractivity contribution >= 4 is 27.5 Å². The molecule has 2 nitrogen and oxygen atoms in total. The van der Waals surface area contributed by atoms with Crippen LogP contribution in [0.25, 0.3) is 0 Å². The Bertz CT molecular complexity index is 622. The van der Waals surface area contributed by atoms with Gasteiger partial charge in [-0.1, -0.05) is 35.9 Å². The summed E-state index contributed by atoms with van der Waals surface area (Å²) in [6.07, 6.45) is 0.278. The van der Waals surface area contributed by atoms with E-state index in [0.717, 1.165) is 0 Å². The minimum absolute atomic E-state index is 0.0307. The first-order valence-corrected chi connectivity index (χ1v) is 7.04. The average Bonchev–Trinajstić information content (AvgIpc) is 2.44. The van der Waals surface area contributed by atoms with Crippen LogP contribution in [0.1, 0.15) is 17.2 Å². The van der Waals surface area contributed by atoms with E-state index in [1.165, 1.54) is 6.07 Å². The van der Waals surface area contributed by atoms with Crippen LogP contribution in [0.4, 0.5) is 8.78 Å². The lowest BCUT2D eigenvalue weighted by Crippen LogP contribution is -2.30. The van der Waals surface area contributed by atoms with Gasteiger partial charge in [0.1, 0.15) is 11.6 Å².